The zero-order valence-electron chi connectivity index (χ0n) is 21.1. The Morgan fingerprint density at radius 1 is 0.605 bits per heavy atom. The van der Waals surface area contributed by atoms with Crippen molar-refractivity contribution in [2.45, 2.75) is 6.92 Å². The molecule has 0 unspecified atom stereocenters. The highest BCUT2D eigenvalue weighted by Gasteiger charge is 2.18. The maximum absolute atomic E-state index is 5.16. The first-order valence-corrected chi connectivity index (χ1v) is 13.5. The molecule has 0 bridgehead atoms. The number of allylic oxidation sites excluding steroid dienone is 1. The van der Waals surface area contributed by atoms with Crippen LogP contribution in [-0.2, 0) is 0 Å². The molecule has 0 radical (unpaired) electrons. The van der Waals surface area contributed by atoms with Crippen LogP contribution in [0.15, 0.2) is 122 Å². The highest BCUT2D eigenvalue weighted by Crippen LogP contribution is 2.39. The number of aromatic nitrogens is 2. The summed E-state index contributed by atoms with van der Waals surface area (Å²) in [6.07, 6.45) is 6.11. The molecule has 4 aromatic carbocycles. The minimum atomic E-state index is 0.725. The lowest BCUT2D eigenvalue weighted by atomic mass is 10.00. The average molecular weight is 507 g/mol. The van der Waals surface area contributed by atoms with Gasteiger partial charge >= 0.3 is 0 Å². The van der Waals surface area contributed by atoms with Gasteiger partial charge in [0.2, 0.25) is 0 Å². The fourth-order valence-electron chi connectivity index (χ4n) is 4.75. The number of nitrogens with zero attached hydrogens (tertiary/aromatic N) is 2. The molecule has 182 valence electrons. The van der Waals surface area contributed by atoms with Crippen molar-refractivity contribution in [3.05, 3.63) is 132 Å². The van der Waals surface area contributed by atoms with Crippen LogP contribution in [0.3, 0.4) is 0 Å². The van der Waals surface area contributed by atoms with Gasteiger partial charge in [-0.15, -0.1) is 11.3 Å². The van der Waals surface area contributed by atoms with Gasteiger partial charge in [-0.1, -0.05) is 134 Å². The van der Waals surface area contributed by atoms with Crippen LogP contribution in [0.1, 0.15) is 17.4 Å². The molecule has 0 aliphatic carbocycles. The van der Waals surface area contributed by atoms with Crippen LogP contribution in [0.4, 0.5) is 0 Å². The third-order valence-electron chi connectivity index (χ3n) is 6.65. The van der Waals surface area contributed by atoms with Crippen molar-refractivity contribution in [2.24, 2.45) is 0 Å². The lowest BCUT2D eigenvalue weighted by Crippen LogP contribution is -1.94. The van der Waals surface area contributed by atoms with Crippen LogP contribution in [0.25, 0.3) is 67.3 Å². The first-order valence-electron chi connectivity index (χ1n) is 12.7. The predicted octanol–water partition coefficient (Wildman–Crippen LogP) is 10.0. The van der Waals surface area contributed by atoms with Crippen molar-refractivity contribution in [3.8, 4) is 44.9 Å². The van der Waals surface area contributed by atoms with Gasteiger partial charge in [-0.25, -0.2) is 9.97 Å². The van der Waals surface area contributed by atoms with E-state index in [2.05, 4.69) is 116 Å². The van der Waals surface area contributed by atoms with Crippen LogP contribution < -0.4 is 0 Å². The van der Waals surface area contributed by atoms with E-state index >= 15 is 0 Å². The Balaban J connectivity index is 1.50. The van der Waals surface area contributed by atoms with Crippen molar-refractivity contribution < 1.29 is 0 Å². The number of benzene rings is 4. The number of fused-ring (bicyclic) bond motifs is 1. The van der Waals surface area contributed by atoms with Crippen LogP contribution in [0.5, 0.6) is 0 Å². The van der Waals surface area contributed by atoms with Crippen LogP contribution in [0, 0.1) is 0 Å². The molecule has 0 spiro atoms. The van der Waals surface area contributed by atoms with Gasteiger partial charge in [0.1, 0.15) is 4.83 Å². The van der Waals surface area contributed by atoms with E-state index in [0.29, 0.717) is 0 Å². The highest BCUT2D eigenvalue weighted by atomic mass is 32.1. The fraction of sp³-hybridized carbons (Fsp3) is 0.0286. The lowest BCUT2D eigenvalue weighted by Gasteiger charge is -2.10. The van der Waals surface area contributed by atoms with Crippen molar-refractivity contribution in [1.29, 1.82) is 0 Å². The standard InChI is InChI=1S/C35H26N2S/c1-3-11-30-31(4-2)38-35-32(30)33(28-20-16-26(17-21-28)24-12-7-5-8-13-24)36-34(37-35)29-22-18-27(19-23-29)25-14-9-6-10-15-25/h3-23H,2H2,1H3. The molecule has 0 saturated heterocycles. The third kappa shape index (κ3) is 4.49. The second kappa shape index (κ2) is 10.4. The molecule has 6 rings (SSSR count). The van der Waals surface area contributed by atoms with E-state index < -0.39 is 0 Å². The quantitative estimate of drug-likeness (QED) is 0.225. The van der Waals surface area contributed by atoms with E-state index in [0.717, 1.165) is 43.3 Å². The summed E-state index contributed by atoms with van der Waals surface area (Å²) in [4.78, 5) is 12.3. The summed E-state index contributed by atoms with van der Waals surface area (Å²) >= 11 is 1.66. The molecular formula is C35H26N2S. The zero-order valence-corrected chi connectivity index (χ0v) is 22.0. The van der Waals surface area contributed by atoms with E-state index in [-0.39, 0.29) is 0 Å². The Morgan fingerprint density at radius 2 is 1.11 bits per heavy atom. The molecule has 3 heteroatoms. The minimum Gasteiger partial charge on any atom is -0.227 e. The number of hydrogen-bond acceptors (Lipinski definition) is 3. The summed E-state index contributed by atoms with van der Waals surface area (Å²) < 4.78 is 0. The number of thiophene rings is 1. The van der Waals surface area contributed by atoms with Gasteiger partial charge in [-0.05, 0) is 29.2 Å². The largest absolute Gasteiger partial charge is 0.227 e. The van der Waals surface area contributed by atoms with Gasteiger partial charge in [-0.2, -0.15) is 0 Å². The van der Waals surface area contributed by atoms with Crippen molar-refractivity contribution in [3.63, 3.8) is 0 Å². The molecule has 0 amide bonds. The van der Waals surface area contributed by atoms with Crippen molar-refractivity contribution in [2.75, 3.05) is 0 Å². The first-order chi connectivity index (χ1) is 18.7. The smallest absolute Gasteiger partial charge is 0.161 e. The van der Waals surface area contributed by atoms with Gasteiger partial charge in [0.15, 0.2) is 5.82 Å². The van der Waals surface area contributed by atoms with Crippen LogP contribution in [-0.4, -0.2) is 9.97 Å². The topological polar surface area (TPSA) is 25.8 Å². The van der Waals surface area contributed by atoms with Crippen LogP contribution >= 0.6 is 11.3 Å². The summed E-state index contributed by atoms with van der Waals surface area (Å²) in [7, 11) is 0. The lowest BCUT2D eigenvalue weighted by molar-refractivity contribution is 1.24. The maximum Gasteiger partial charge on any atom is 0.161 e. The van der Waals surface area contributed by atoms with Gasteiger partial charge in [0.25, 0.3) is 0 Å². The van der Waals surface area contributed by atoms with E-state index in [4.69, 9.17) is 9.97 Å². The molecule has 6 aromatic rings. The predicted molar refractivity (Wildman–Crippen MR) is 164 cm³/mol. The van der Waals surface area contributed by atoms with E-state index in [1.54, 1.807) is 11.3 Å². The monoisotopic (exact) mass is 506 g/mol. The van der Waals surface area contributed by atoms with Gasteiger partial charge in [-0.3, -0.25) is 0 Å². The van der Waals surface area contributed by atoms with E-state index in [1.807, 2.05) is 25.1 Å². The van der Waals surface area contributed by atoms with Crippen LogP contribution in [0.2, 0.25) is 0 Å². The van der Waals surface area contributed by atoms with Crippen molar-refractivity contribution >= 4 is 33.7 Å². The normalized spacial score (nSPS) is 11.3. The summed E-state index contributed by atoms with van der Waals surface area (Å²) in [5.41, 5.74) is 8.87. The van der Waals surface area contributed by atoms with Crippen molar-refractivity contribution in [1.82, 2.24) is 9.97 Å². The molecule has 38 heavy (non-hydrogen) atoms. The summed E-state index contributed by atoms with van der Waals surface area (Å²) in [5, 5.41) is 1.07. The SMILES string of the molecule is C=Cc1sc2nc(-c3ccc(-c4ccccc4)cc3)nc(-c3ccc(-c4ccccc4)cc3)c2c1C=CC. The highest BCUT2D eigenvalue weighted by molar-refractivity contribution is 7.19. The molecule has 2 nitrogen and oxygen atoms in total. The fourth-order valence-corrected chi connectivity index (χ4v) is 5.77. The first kappa shape index (κ1) is 23.8. The number of hydrogen-bond donors (Lipinski definition) is 0. The van der Waals surface area contributed by atoms with E-state index in [1.165, 1.54) is 22.3 Å². The average Bonchev–Trinajstić information content (AvgIpc) is 3.35. The Hall–Kier alpha value is -4.60. The Morgan fingerprint density at radius 3 is 1.63 bits per heavy atom. The maximum atomic E-state index is 5.16. The zero-order chi connectivity index (χ0) is 25.9. The third-order valence-corrected chi connectivity index (χ3v) is 7.75. The Kier molecular flexibility index (Phi) is 6.51. The van der Waals surface area contributed by atoms with Gasteiger partial charge in [0.05, 0.1) is 5.69 Å². The molecule has 0 aliphatic heterocycles. The molecule has 2 heterocycles. The molecule has 0 saturated carbocycles. The second-order valence-corrected chi connectivity index (χ2v) is 10.1. The molecule has 0 N–H and O–H groups in total. The molecule has 2 aromatic heterocycles. The van der Waals surface area contributed by atoms with Gasteiger partial charge < -0.3 is 0 Å². The molecular weight excluding hydrogens is 480 g/mol. The Labute approximate surface area is 227 Å². The number of rotatable bonds is 6. The second-order valence-electron chi connectivity index (χ2n) is 9.05. The molecule has 0 atom stereocenters. The Bertz CT molecular complexity index is 1750. The summed E-state index contributed by atoms with van der Waals surface area (Å²) in [5.74, 6) is 0.725. The van der Waals surface area contributed by atoms with E-state index in [9.17, 15) is 0 Å². The summed E-state index contributed by atoms with van der Waals surface area (Å²) in [6.45, 7) is 6.10. The minimum absolute atomic E-state index is 0.725. The summed E-state index contributed by atoms with van der Waals surface area (Å²) in [6, 6.07) is 38.0. The molecule has 0 fully saturated rings. The molecule has 0 aliphatic rings. The van der Waals surface area contributed by atoms with Gasteiger partial charge in [0, 0.05) is 27.0 Å².